The first-order valence-electron chi connectivity index (χ1n) is 8.96. The summed E-state index contributed by atoms with van der Waals surface area (Å²) in [5.74, 6) is 0. The first-order valence-corrected chi connectivity index (χ1v) is 11.6. The van der Waals surface area contributed by atoms with Gasteiger partial charge in [-0.2, -0.15) is 0 Å². The first kappa shape index (κ1) is 20.2. The number of hydrogen-bond acceptors (Lipinski definition) is 6. The molecule has 0 amide bonds. The minimum atomic E-state index is -3.39. The fourth-order valence-corrected chi connectivity index (χ4v) is 4.36. The largest absolute Gasteiger partial charge is 0.294 e. The van der Waals surface area contributed by atoms with Crippen molar-refractivity contribution in [1.29, 1.82) is 0 Å². The molecule has 29 heavy (non-hydrogen) atoms. The highest BCUT2D eigenvalue weighted by atomic mass is 35.5. The number of benzene rings is 1. The van der Waals surface area contributed by atoms with Crippen molar-refractivity contribution in [2.24, 2.45) is 0 Å². The molecule has 0 saturated heterocycles. The van der Waals surface area contributed by atoms with Crippen molar-refractivity contribution in [1.82, 2.24) is 19.9 Å². The molecule has 0 spiro atoms. The van der Waals surface area contributed by atoms with Gasteiger partial charge in [0, 0.05) is 65.9 Å². The molecule has 3 heterocycles. The Morgan fingerprint density at radius 3 is 2.48 bits per heavy atom. The molecule has 6 nitrogen and oxygen atoms in total. The summed E-state index contributed by atoms with van der Waals surface area (Å²) in [7, 11) is -3.39. The van der Waals surface area contributed by atoms with E-state index in [0.29, 0.717) is 23.0 Å². The minimum Gasteiger partial charge on any atom is -0.294 e. The van der Waals surface area contributed by atoms with E-state index < -0.39 is 9.84 Å². The van der Waals surface area contributed by atoms with Gasteiger partial charge in [0.25, 0.3) is 0 Å². The van der Waals surface area contributed by atoms with Gasteiger partial charge in [-0.25, -0.2) is 18.4 Å². The van der Waals surface area contributed by atoms with Crippen LogP contribution in [0.4, 0.5) is 0 Å². The lowest BCUT2D eigenvalue weighted by Gasteiger charge is -2.27. The van der Waals surface area contributed by atoms with Crippen LogP contribution in [0.1, 0.15) is 16.8 Å². The van der Waals surface area contributed by atoms with Crippen LogP contribution in [0.2, 0.25) is 10.0 Å². The van der Waals surface area contributed by atoms with Gasteiger partial charge in [0.05, 0.1) is 11.4 Å². The average Bonchev–Trinajstić information content (AvgIpc) is 2.66. The summed E-state index contributed by atoms with van der Waals surface area (Å²) in [6, 6.07) is 9.36. The molecular formula is C20H18Cl2N4O2S. The zero-order valence-corrected chi connectivity index (χ0v) is 18.0. The fourth-order valence-electron chi connectivity index (χ4n) is 3.32. The molecule has 150 valence electrons. The zero-order valence-electron chi connectivity index (χ0n) is 15.6. The third kappa shape index (κ3) is 4.75. The highest BCUT2D eigenvalue weighted by Crippen LogP contribution is 2.26. The minimum absolute atomic E-state index is 0.106. The van der Waals surface area contributed by atoms with Crippen molar-refractivity contribution in [2.75, 3.05) is 12.8 Å². The van der Waals surface area contributed by atoms with E-state index in [0.717, 1.165) is 47.4 Å². The van der Waals surface area contributed by atoms with Crippen molar-refractivity contribution in [3.8, 4) is 11.3 Å². The quantitative estimate of drug-likeness (QED) is 0.564. The first-order chi connectivity index (χ1) is 13.8. The van der Waals surface area contributed by atoms with Crippen molar-refractivity contribution in [3.05, 3.63) is 69.6 Å². The molecule has 0 unspecified atom stereocenters. The Morgan fingerprint density at radius 2 is 1.83 bits per heavy atom. The SMILES string of the molecule is CS(=O)(=O)c1ncc2c(n1)CCN(Cc1ccc(-c3cc(Cl)cc(Cl)c3)nc1)C2. The van der Waals surface area contributed by atoms with Gasteiger partial charge >= 0.3 is 0 Å². The van der Waals surface area contributed by atoms with Gasteiger partial charge in [-0.1, -0.05) is 29.3 Å². The maximum absolute atomic E-state index is 11.6. The summed E-state index contributed by atoms with van der Waals surface area (Å²) in [4.78, 5) is 15.0. The summed E-state index contributed by atoms with van der Waals surface area (Å²) in [5.41, 5.74) is 4.53. The van der Waals surface area contributed by atoms with E-state index >= 15 is 0 Å². The van der Waals surface area contributed by atoms with Gasteiger partial charge in [0.2, 0.25) is 15.0 Å². The van der Waals surface area contributed by atoms with E-state index in [-0.39, 0.29) is 5.16 Å². The van der Waals surface area contributed by atoms with Crippen LogP contribution in [0, 0.1) is 0 Å². The molecule has 1 aromatic carbocycles. The predicted molar refractivity (Wildman–Crippen MR) is 113 cm³/mol. The van der Waals surface area contributed by atoms with Crippen molar-refractivity contribution < 1.29 is 8.42 Å². The number of fused-ring (bicyclic) bond motifs is 1. The smallest absolute Gasteiger partial charge is 0.246 e. The lowest BCUT2D eigenvalue weighted by molar-refractivity contribution is 0.242. The Hall–Kier alpha value is -2.06. The normalized spacial score (nSPS) is 14.6. The monoisotopic (exact) mass is 448 g/mol. The maximum Gasteiger partial charge on any atom is 0.246 e. The van der Waals surface area contributed by atoms with E-state index in [1.54, 1.807) is 12.3 Å². The topological polar surface area (TPSA) is 76.1 Å². The molecule has 0 aliphatic carbocycles. The Labute approximate surface area is 179 Å². The van der Waals surface area contributed by atoms with Gasteiger partial charge in [-0.05, 0) is 29.8 Å². The van der Waals surface area contributed by atoms with Gasteiger partial charge in [-0.15, -0.1) is 0 Å². The van der Waals surface area contributed by atoms with Crippen LogP contribution < -0.4 is 0 Å². The van der Waals surface area contributed by atoms with Crippen LogP contribution in [0.15, 0.2) is 47.9 Å². The molecule has 2 aromatic heterocycles. The third-order valence-electron chi connectivity index (χ3n) is 4.71. The van der Waals surface area contributed by atoms with E-state index in [2.05, 4.69) is 19.9 Å². The van der Waals surface area contributed by atoms with Gasteiger partial charge in [0.1, 0.15) is 0 Å². The number of nitrogens with zero attached hydrogens (tertiary/aromatic N) is 4. The Kier molecular flexibility index (Phi) is 5.57. The second-order valence-electron chi connectivity index (χ2n) is 7.07. The summed E-state index contributed by atoms with van der Waals surface area (Å²) in [5, 5.41) is 1.05. The van der Waals surface area contributed by atoms with E-state index in [9.17, 15) is 8.42 Å². The van der Waals surface area contributed by atoms with Crippen LogP contribution in [0.5, 0.6) is 0 Å². The van der Waals surface area contributed by atoms with Crippen LogP contribution in [0.3, 0.4) is 0 Å². The molecule has 9 heteroatoms. The molecule has 1 aliphatic heterocycles. The number of pyridine rings is 1. The molecule has 4 rings (SSSR count). The molecule has 0 radical (unpaired) electrons. The second-order valence-corrected chi connectivity index (χ2v) is 9.85. The van der Waals surface area contributed by atoms with Crippen molar-refractivity contribution in [3.63, 3.8) is 0 Å². The molecule has 3 aromatic rings. The summed E-state index contributed by atoms with van der Waals surface area (Å²) < 4.78 is 23.3. The lowest BCUT2D eigenvalue weighted by Crippen LogP contribution is -2.31. The van der Waals surface area contributed by atoms with E-state index in [1.165, 1.54) is 0 Å². The van der Waals surface area contributed by atoms with Gasteiger partial charge in [0.15, 0.2) is 0 Å². The van der Waals surface area contributed by atoms with E-state index in [4.69, 9.17) is 23.2 Å². The number of aromatic nitrogens is 3. The molecule has 0 N–H and O–H groups in total. The van der Waals surface area contributed by atoms with E-state index in [1.807, 2.05) is 30.5 Å². The number of sulfone groups is 1. The Bertz CT molecular complexity index is 1150. The fraction of sp³-hybridized carbons (Fsp3) is 0.250. The molecule has 1 aliphatic rings. The number of hydrogen-bond donors (Lipinski definition) is 0. The van der Waals surface area contributed by atoms with Crippen LogP contribution in [0.25, 0.3) is 11.3 Å². The molecule has 0 fully saturated rings. The summed E-state index contributed by atoms with van der Waals surface area (Å²) in [6.45, 7) is 2.20. The standard InChI is InChI=1S/C20H18Cl2N4O2S/c1-29(27,28)20-24-10-15-12-26(5-4-19(15)25-20)11-13-2-3-18(23-9-13)14-6-16(21)8-17(22)7-14/h2-3,6-10H,4-5,11-12H2,1H3. The third-order valence-corrected chi connectivity index (χ3v) is 6.01. The van der Waals surface area contributed by atoms with Gasteiger partial charge in [-0.3, -0.25) is 9.88 Å². The molecule has 0 saturated carbocycles. The lowest BCUT2D eigenvalue weighted by atomic mass is 10.1. The molecular weight excluding hydrogens is 431 g/mol. The zero-order chi connectivity index (χ0) is 20.6. The van der Waals surface area contributed by atoms with Crippen molar-refractivity contribution in [2.45, 2.75) is 24.7 Å². The maximum atomic E-state index is 11.6. The predicted octanol–water partition coefficient (Wildman–Crippen LogP) is 3.81. The highest BCUT2D eigenvalue weighted by molar-refractivity contribution is 7.90. The highest BCUT2D eigenvalue weighted by Gasteiger charge is 2.21. The Balaban J connectivity index is 1.46. The number of halogens is 2. The van der Waals surface area contributed by atoms with Gasteiger partial charge < -0.3 is 0 Å². The van der Waals surface area contributed by atoms with Crippen LogP contribution in [-0.4, -0.2) is 41.1 Å². The molecule has 0 bridgehead atoms. The number of rotatable bonds is 4. The summed E-state index contributed by atoms with van der Waals surface area (Å²) in [6.07, 6.45) is 5.28. The van der Waals surface area contributed by atoms with Crippen LogP contribution >= 0.6 is 23.2 Å². The molecule has 0 atom stereocenters. The summed E-state index contributed by atoms with van der Waals surface area (Å²) >= 11 is 12.1. The van der Waals surface area contributed by atoms with Crippen LogP contribution in [-0.2, 0) is 29.3 Å². The van der Waals surface area contributed by atoms with Crippen molar-refractivity contribution >= 4 is 33.0 Å². The average molecular weight is 449 g/mol. The second kappa shape index (κ2) is 7.99. The Morgan fingerprint density at radius 1 is 1.07 bits per heavy atom.